The van der Waals surface area contributed by atoms with E-state index in [-0.39, 0.29) is 12.4 Å². The van der Waals surface area contributed by atoms with Crippen LogP contribution < -0.4 is 5.73 Å². The molecule has 12 heavy (non-hydrogen) atoms. The maximum Gasteiger partial charge on any atom is 0.320 e. The van der Waals surface area contributed by atoms with Gasteiger partial charge in [0, 0.05) is 0 Å². The summed E-state index contributed by atoms with van der Waals surface area (Å²) in [6.07, 6.45) is 4.38. The molecule has 1 unspecified atom stereocenters. The second kappa shape index (κ2) is 2.89. The number of aliphatic carboxylic acids is 1. The van der Waals surface area contributed by atoms with Crippen LogP contribution in [0.4, 0.5) is 0 Å². The van der Waals surface area contributed by atoms with Gasteiger partial charge in [-0.25, -0.2) is 0 Å². The number of halogens is 1. The molecule has 0 aromatic rings. The summed E-state index contributed by atoms with van der Waals surface area (Å²) in [5.41, 5.74) is 5.80. The van der Waals surface area contributed by atoms with Crippen molar-refractivity contribution in [2.24, 2.45) is 17.1 Å². The molecule has 3 fully saturated rings. The molecule has 0 aromatic heterocycles. The van der Waals surface area contributed by atoms with Crippen molar-refractivity contribution in [3.05, 3.63) is 0 Å². The predicted octanol–water partition coefficient (Wildman–Crippen LogP) is 1.01. The van der Waals surface area contributed by atoms with E-state index in [0.717, 1.165) is 5.92 Å². The third-order valence-electron chi connectivity index (χ3n) is 3.14. The molecule has 70 valence electrons. The van der Waals surface area contributed by atoms with Gasteiger partial charge in [0.05, 0.1) is 0 Å². The molecule has 0 amide bonds. The SMILES string of the molecule is Cl.NC(CC12CC(C1)C2)C(=O)O. The highest BCUT2D eigenvalue weighted by Crippen LogP contribution is 2.66. The molecule has 4 heteroatoms. The lowest BCUT2D eigenvalue weighted by Gasteiger charge is -2.62. The van der Waals surface area contributed by atoms with Crippen molar-refractivity contribution in [2.75, 3.05) is 0 Å². The van der Waals surface area contributed by atoms with Gasteiger partial charge >= 0.3 is 5.97 Å². The molecule has 3 aliphatic rings. The number of carboxylic acid groups (broad SMARTS) is 1. The molecule has 0 spiro atoms. The highest BCUT2D eigenvalue weighted by atomic mass is 35.5. The topological polar surface area (TPSA) is 63.3 Å². The molecule has 0 aliphatic heterocycles. The molecule has 3 rings (SSSR count). The first-order valence-corrected chi connectivity index (χ1v) is 4.10. The van der Waals surface area contributed by atoms with Crippen molar-refractivity contribution < 1.29 is 9.90 Å². The van der Waals surface area contributed by atoms with Crippen molar-refractivity contribution in [2.45, 2.75) is 31.7 Å². The summed E-state index contributed by atoms with van der Waals surface area (Å²) in [5.74, 6) is 0.0609. The zero-order chi connectivity index (χ0) is 8.06. The Balaban J connectivity index is 0.000000720. The Hall–Kier alpha value is -0.280. The average Bonchev–Trinajstić information content (AvgIpc) is 1.74. The molecule has 3 saturated carbocycles. The fourth-order valence-electron chi connectivity index (χ4n) is 2.46. The van der Waals surface area contributed by atoms with Gasteiger partial charge in [-0.2, -0.15) is 0 Å². The summed E-state index contributed by atoms with van der Waals surface area (Å²) in [6.45, 7) is 0. The van der Waals surface area contributed by atoms with Crippen molar-refractivity contribution in [1.29, 1.82) is 0 Å². The van der Waals surface area contributed by atoms with E-state index in [1.807, 2.05) is 0 Å². The Morgan fingerprint density at radius 3 is 2.33 bits per heavy atom. The quantitative estimate of drug-likeness (QED) is 0.700. The Kier molecular flexibility index (Phi) is 2.36. The second-order valence-electron chi connectivity index (χ2n) is 4.13. The molecule has 3 N–H and O–H groups in total. The average molecular weight is 192 g/mol. The number of hydrogen-bond acceptors (Lipinski definition) is 2. The minimum Gasteiger partial charge on any atom is -0.480 e. The first-order chi connectivity index (χ1) is 5.11. The number of hydrogen-bond donors (Lipinski definition) is 2. The van der Waals surface area contributed by atoms with Crippen molar-refractivity contribution in [1.82, 2.24) is 0 Å². The van der Waals surface area contributed by atoms with Crippen molar-refractivity contribution >= 4 is 18.4 Å². The monoisotopic (exact) mass is 191 g/mol. The lowest BCUT2D eigenvalue weighted by molar-refractivity contribution is -0.148. The van der Waals surface area contributed by atoms with E-state index in [1.165, 1.54) is 19.3 Å². The third kappa shape index (κ3) is 1.31. The molecule has 3 nitrogen and oxygen atoms in total. The van der Waals surface area contributed by atoms with Crippen LogP contribution in [0.25, 0.3) is 0 Å². The Labute approximate surface area is 77.7 Å². The van der Waals surface area contributed by atoms with Crippen LogP contribution >= 0.6 is 12.4 Å². The first-order valence-electron chi connectivity index (χ1n) is 4.10. The van der Waals surface area contributed by atoms with Crippen LogP contribution in [0.15, 0.2) is 0 Å². The van der Waals surface area contributed by atoms with Gasteiger partial charge in [-0.3, -0.25) is 4.79 Å². The van der Waals surface area contributed by atoms with Crippen LogP contribution in [0.2, 0.25) is 0 Å². The van der Waals surface area contributed by atoms with Gasteiger partial charge < -0.3 is 10.8 Å². The van der Waals surface area contributed by atoms with E-state index < -0.39 is 12.0 Å². The van der Waals surface area contributed by atoms with Gasteiger partial charge in [-0.1, -0.05) is 0 Å². The van der Waals surface area contributed by atoms with Gasteiger partial charge in [0.25, 0.3) is 0 Å². The summed E-state index contributed by atoms with van der Waals surface area (Å²) in [6, 6.07) is -0.628. The van der Waals surface area contributed by atoms with Crippen LogP contribution in [0, 0.1) is 11.3 Å². The number of nitrogens with two attached hydrogens (primary N) is 1. The minimum atomic E-state index is -0.852. The maximum absolute atomic E-state index is 10.4. The largest absolute Gasteiger partial charge is 0.480 e. The molecular weight excluding hydrogens is 178 g/mol. The van der Waals surface area contributed by atoms with Gasteiger partial charge in [-0.05, 0) is 37.0 Å². The van der Waals surface area contributed by atoms with E-state index in [9.17, 15) is 4.79 Å². The summed E-state index contributed by atoms with van der Waals surface area (Å²) in [7, 11) is 0. The molecule has 0 heterocycles. The van der Waals surface area contributed by atoms with Gasteiger partial charge in [0.2, 0.25) is 0 Å². The van der Waals surface area contributed by atoms with Crippen LogP contribution in [-0.4, -0.2) is 17.1 Å². The van der Waals surface area contributed by atoms with E-state index >= 15 is 0 Å². The Bertz CT molecular complexity index is 190. The van der Waals surface area contributed by atoms with Crippen LogP contribution in [0.3, 0.4) is 0 Å². The Morgan fingerprint density at radius 2 is 2.08 bits per heavy atom. The van der Waals surface area contributed by atoms with E-state index in [2.05, 4.69) is 0 Å². The van der Waals surface area contributed by atoms with Gasteiger partial charge in [-0.15, -0.1) is 12.4 Å². The van der Waals surface area contributed by atoms with E-state index in [4.69, 9.17) is 10.8 Å². The van der Waals surface area contributed by atoms with Crippen molar-refractivity contribution in [3.8, 4) is 0 Å². The summed E-state index contributed by atoms with van der Waals surface area (Å²) < 4.78 is 0. The fourth-order valence-corrected chi connectivity index (χ4v) is 2.46. The third-order valence-corrected chi connectivity index (χ3v) is 3.14. The second-order valence-corrected chi connectivity index (χ2v) is 4.13. The molecule has 2 bridgehead atoms. The van der Waals surface area contributed by atoms with E-state index in [1.54, 1.807) is 0 Å². The van der Waals surface area contributed by atoms with Gasteiger partial charge in [0.1, 0.15) is 6.04 Å². The smallest absolute Gasteiger partial charge is 0.320 e. The molecule has 1 atom stereocenters. The van der Waals surface area contributed by atoms with Crippen molar-refractivity contribution in [3.63, 3.8) is 0 Å². The summed E-state index contributed by atoms with van der Waals surface area (Å²) in [4.78, 5) is 10.4. The maximum atomic E-state index is 10.4. The Morgan fingerprint density at radius 1 is 1.58 bits per heavy atom. The minimum absolute atomic E-state index is 0. The zero-order valence-electron chi connectivity index (χ0n) is 6.82. The lowest BCUT2D eigenvalue weighted by Crippen LogP contribution is -2.55. The summed E-state index contributed by atoms with van der Waals surface area (Å²) >= 11 is 0. The molecule has 0 aromatic carbocycles. The van der Waals surface area contributed by atoms with E-state index in [0.29, 0.717) is 11.8 Å². The standard InChI is InChI=1S/C8H13NO2.ClH/c9-6(7(10)11)4-8-1-5(2-8)3-8;/h5-6H,1-4,9H2,(H,10,11);1H. The number of rotatable bonds is 3. The van der Waals surface area contributed by atoms with Crippen LogP contribution in [-0.2, 0) is 4.79 Å². The molecular formula is C8H14ClNO2. The van der Waals surface area contributed by atoms with Gasteiger partial charge in [0.15, 0.2) is 0 Å². The highest BCUT2D eigenvalue weighted by molar-refractivity contribution is 5.85. The number of carbonyl (C=O) groups is 1. The first kappa shape index (κ1) is 9.81. The zero-order valence-corrected chi connectivity index (χ0v) is 7.64. The molecule has 0 radical (unpaired) electrons. The van der Waals surface area contributed by atoms with Crippen LogP contribution in [0.1, 0.15) is 25.7 Å². The lowest BCUT2D eigenvalue weighted by atomic mass is 9.43. The normalized spacial score (nSPS) is 38.6. The highest BCUT2D eigenvalue weighted by Gasteiger charge is 2.56. The molecule has 3 aliphatic carbocycles. The van der Waals surface area contributed by atoms with Crippen LogP contribution in [0.5, 0.6) is 0 Å². The fraction of sp³-hybridized carbons (Fsp3) is 0.875. The summed E-state index contributed by atoms with van der Waals surface area (Å²) in [5, 5.41) is 8.56. The number of carboxylic acids is 1. The molecule has 0 saturated heterocycles. The predicted molar refractivity (Wildman–Crippen MR) is 47.3 cm³/mol.